The molecule has 0 aliphatic carbocycles. The van der Waals surface area contributed by atoms with Gasteiger partial charge in [0.2, 0.25) is 0 Å². The molecule has 0 aliphatic rings. The highest BCUT2D eigenvalue weighted by Crippen LogP contribution is 2.29. The van der Waals surface area contributed by atoms with Crippen molar-refractivity contribution in [3.63, 3.8) is 0 Å². The SMILES string of the molecule is C=CCCOC(C)C(=O)Nc1ccnn1Cc1ccc(C(F)(F)F)cc1. The lowest BCUT2D eigenvalue weighted by Gasteiger charge is -2.14. The summed E-state index contributed by atoms with van der Waals surface area (Å²) in [5.74, 6) is 0.109. The second-order valence-electron chi connectivity index (χ2n) is 5.65. The third-order valence-electron chi connectivity index (χ3n) is 3.64. The zero-order valence-corrected chi connectivity index (χ0v) is 14.3. The standard InChI is InChI=1S/C18H20F3N3O2/c1-3-4-11-26-13(2)17(25)23-16-9-10-22-24(16)12-14-5-7-15(8-6-14)18(19,20)21/h3,5-10,13H,1,4,11-12H2,2H3,(H,23,25). The van der Waals surface area contributed by atoms with Crippen LogP contribution in [0.15, 0.2) is 49.2 Å². The average Bonchev–Trinajstić information content (AvgIpc) is 3.01. The van der Waals surface area contributed by atoms with Crippen molar-refractivity contribution in [2.24, 2.45) is 0 Å². The maximum atomic E-state index is 12.6. The molecule has 0 spiro atoms. The molecule has 1 N–H and O–H groups in total. The van der Waals surface area contributed by atoms with Gasteiger partial charge in [0.05, 0.1) is 24.9 Å². The van der Waals surface area contributed by atoms with Gasteiger partial charge < -0.3 is 10.1 Å². The van der Waals surface area contributed by atoms with Gasteiger partial charge in [-0.15, -0.1) is 6.58 Å². The van der Waals surface area contributed by atoms with Crippen molar-refractivity contribution in [2.75, 3.05) is 11.9 Å². The third kappa shape index (κ3) is 5.45. The first-order valence-corrected chi connectivity index (χ1v) is 8.02. The van der Waals surface area contributed by atoms with Crippen molar-refractivity contribution in [2.45, 2.75) is 32.2 Å². The van der Waals surface area contributed by atoms with Crippen molar-refractivity contribution in [1.82, 2.24) is 9.78 Å². The van der Waals surface area contributed by atoms with Gasteiger partial charge in [0.1, 0.15) is 11.9 Å². The summed E-state index contributed by atoms with van der Waals surface area (Å²) in [6.45, 7) is 5.83. The molecule has 0 aliphatic heterocycles. The fourth-order valence-corrected chi connectivity index (χ4v) is 2.17. The molecule has 0 saturated carbocycles. The maximum absolute atomic E-state index is 12.6. The first-order valence-electron chi connectivity index (χ1n) is 8.02. The van der Waals surface area contributed by atoms with Gasteiger partial charge in [-0.3, -0.25) is 4.79 Å². The predicted octanol–water partition coefficient (Wildman–Crippen LogP) is 3.87. The van der Waals surface area contributed by atoms with E-state index in [1.165, 1.54) is 23.0 Å². The zero-order valence-electron chi connectivity index (χ0n) is 14.3. The molecule has 5 nitrogen and oxygen atoms in total. The lowest BCUT2D eigenvalue weighted by atomic mass is 10.1. The normalized spacial score (nSPS) is 12.6. The molecule has 0 radical (unpaired) electrons. The van der Waals surface area contributed by atoms with E-state index in [1.807, 2.05) is 0 Å². The molecule has 140 valence electrons. The van der Waals surface area contributed by atoms with E-state index in [0.29, 0.717) is 24.4 Å². The summed E-state index contributed by atoms with van der Waals surface area (Å²) < 4.78 is 44.7. The first-order chi connectivity index (χ1) is 12.3. The van der Waals surface area contributed by atoms with Crippen LogP contribution in [0.5, 0.6) is 0 Å². The summed E-state index contributed by atoms with van der Waals surface area (Å²) >= 11 is 0. The Kier molecular flexibility index (Phi) is 6.57. The average molecular weight is 367 g/mol. The molecular formula is C18H20F3N3O2. The smallest absolute Gasteiger partial charge is 0.368 e. The number of amides is 1. The molecule has 2 aromatic rings. The summed E-state index contributed by atoms with van der Waals surface area (Å²) in [6.07, 6.45) is -1.18. The lowest BCUT2D eigenvalue weighted by molar-refractivity contribution is -0.137. The van der Waals surface area contributed by atoms with Crippen LogP contribution in [0.3, 0.4) is 0 Å². The molecule has 2 rings (SSSR count). The van der Waals surface area contributed by atoms with Gasteiger partial charge in [-0.1, -0.05) is 18.2 Å². The number of carbonyl (C=O) groups excluding carboxylic acids is 1. The summed E-state index contributed by atoms with van der Waals surface area (Å²) in [5, 5.41) is 6.80. The number of benzene rings is 1. The number of nitrogens with one attached hydrogen (secondary N) is 1. The van der Waals surface area contributed by atoms with Gasteiger partial charge in [0, 0.05) is 6.07 Å². The minimum Gasteiger partial charge on any atom is -0.368 e. The fraction of sp³-hybridized carbons (Fsp3) is 0.333. The highest BCUT2D eigenvalue weighted by atomic mass is 19.4. The van der Waals surface area contributed by atoms with E-state index in [1.54, 1.807) is 19.1 Å². The molecule has 1 heterocycles. The van der Waals surface area contributed by atoms with Crippen LogP contribution in [0.1, 0.15) is 24.5 Å². The number of carbonyl (C=O) groups is 1. The minimum absolute atomic E-state index is 0.229. The molecule has 0 fully saturated rings. The van der Waals surface area contributed by atoms with Gasteiger partial charge in [-0.25, -0.2) is 4.68 Å². The Morgan fingerprint density at radius 1 is 1.35 bits per heavy atom. The number of alkyl halides is 3. The quantitative estimate of drug-likeness (QED) is 0.569. The maximum Gasteiger partial charge on any atom is 0.416 e. The summed E-state index contributed by atoms with van der Waals surface area (Å²) in [4.78, 5) is 12.1. The van der Waals surface area contributed by atoms with Crippen molar-refractivity contribution in [3.8, 4) is 0 Å². The third-order valence-corrected chi connectivity index (χ3v) is 3.64. The number of anilines is 1. The Bertz CT molecular complexity index is 739. The van der Waals surface area contributed by atoms with E-state index in [4.69, 9.17) is 4.74 Å². The van der Waals surface area contributed by atoms with Gasteiger partial charge in [-0.05, 0) is 31.0 Å². The molecule has 1 amide bonds. The molecular weight excluding hydrogens is 347 g/mol. The molecule has 26 heavy (non-hydrogen) atoms. The molecule has 0 bridgehead atoms. The lowest BCUT2D eigenvalue weighted by Crippen LogP contribution is -2.29. The van der Waals surface area contributed by atoms with Crippen LogP contribution >= 0.6 is 0 Å². The number of aromatic nitrogens is 2. The van der Waals surface area contributed by atoms with E-state index in [2.05, 4.69) is 17.0 Å². The van der Waals surface area contributed by atoms with Crippen LogP contribution in [0.2, 0.25) is 0 Å². The van der Waals surface area contributed by atoms with E-state index in [-0.39, 0.29) is 12.5 Å². The molecule has 1 aromatic heterocycles. The summed E-state index contributed by atoms with van der Waals surface area (Å²) in [6, 6.07) is 6.42. The van der Waals surface area contributed by atoms with Gasteiger partial charge in [-0.2, -0.15) is 18.3 Å². The highest BCUT2D eigenvalue weighted by Gasteiger charge is 2.29. The number of nitrogens with zero attached hydrogens (tertiary/aromatic N) is 2. The molecule has 1 unspecified atom stereocenters. The van der Waals surface area contributed by atoms with Crippen molar-refractivity contribution in [3.05, 3.63) is 60.3 Å². The van der Waals surface area contributed by atoms with E-state index in [9.17, 15) is 18.0 Å². The molecule has 1 atom stereocenters. The Balaban J connectivity index is 1.99. The minimum atomic E-state index is -4.37. The van der Waals surface area contributed by atoms with Crippen LogP contribution in [0.4, 0.5) is 19.0 Å². The molecule has 0 saturated heterocycles. The summed E-state index contributed by atoms with van der Waals surface area (Å²) in [5.41, 5.74) is -0.0757. The van der Waals surface area contributed by atoms with Crippen LogP contribution < -0.4 is 5.32 Å². The Hall–Kier alpha value is -2.61. The number of hydrogen-bond donors (Lipinski definition) is 1. The number of halogens is 3. The van der Waals surface area contributed by atoms with Gasteiger partial charge in [0.15, 0.2) is 0 Å². The monoisotopic (exact) mass is 367 g/mol. The van der Waals surface area contributed by atoms with Crippen molar-refractivity contribution in [1.29, 1.82) is 0 Å². The number of hydrogen-bond acceptors (Lipinski definition) is 3. The number of rotatable bonds is 8. The highest BCUT2D eigenvalue weighted by molar-refractivity contribution is 5.93. The fourth-order valence-electron chi connectivity index (χ4n) is 2.17. The van der Waals surface area contributed by atoms with E-state index in [0.717, 1.165) is 12.1 Å². The second kappa shape index (κ2) is 8.66. The predicted molar refractivity (Wildman–Crippen MR) is 91.6 cm³/mol. The van der Waals surface area contributed by atoms with Crippen LogP contribution in [0, 0.1) is 0 Å². The Morgan fingerprint density at radius 2 is 2.04 bits per heavy atom. The van der Waals surface area contributed by atoms with E-state index >= 15 is 0 Å². The Labute approximate surface area is 149 Å². The summed E-state index contributed by atoms with van der Waals surface area (Å²) in [7, 11) is 0. The van der Waals surface area contributed by atoms with Gasteiger partial charge >= 0.3 is 6.18 Å². The largest absolute Gasteiger partial charge is 0.416 e. The molecule has 8 heteroatoms. The van der Waals surface area contributed by atoms with Crippen LogP contribution in [-0.4, -0.2) is 28.4 Å². The zero-order chi connectivity index (χ0) is 19.2. The molecule has 1 aromatic carbocycles. The second-order valence-corrected chi connectivity index (χ2v) is 5.65. The van der Waals surface area contributed by atoms with Gasteiger partial charge in [0.25, 0.3) is 5.91 Å². The van der Waals surface area contributed by atoms with Crippen molar-refractivity contribution >= 4 is 11.7 Å². The topological polar surface area (TPSA) is 56.1 Å². The van der Waals surface area contributed by atoms with E-state index < -0.39 is 17.8 Å². The number of ether oxygens (including phenoxy) is 1. The van der Waals surface area contributed by atoms with Crippen LogP contribution in [-0.2, 0) is 22.3 Å². The van der Waals surface area contributed by atoms with Crippen molar-refractivity contribution < 1.29 is 22.7 Å². The first kappa shape index (κ1) is 19.7. The van der Waals surface area contributed by atoms with Crippen LogP contribution in [0.25, 0.3) is 0 Å². The Morgan fingerprint density at radius 3 is 2.65 bits per heavy atom.